The molecule has 0 aromatic heterocycles. The van der Waals surface area contributed by atoms with Crippen LogP contribution in [0.4, 0.5) is 4.79 Å². The summed E-state index contributed by atoms with van der Waals surface area (Å²) in [5.41, 5.74) is 1.63. The normalized spacial score (nSPS) is 15.7. The summed E-state index contributed by atoms with van der Waals surface area (Å²) in [6.45, 7) is 2.89. The Morgan fingerprint density at radius 1 is 1.22 bits per heavy atom. The van der Waals surface area contributed by atoms with Crippen LogP contribution >= 0.6 is 39.3 Å². The van der Waals surface area contributed by atoms with Crippen LogP contribution in [0.3, 0.4) is 0 Å². The van der Waals surface area contributed by atoms with Gasteiger partial charge < -0.3 is 4.74 Å². The van der Waals surface area contributed by atoms with E-state index in [0.717, 1.165) is 39.5 Å². The molecule has 0 radical (unpaired) electrons. The summed E-state index contributed by atoms with van der Waals surface area (Å²) in [5, 5.41) is 0.290. The molecular formula is C20H17BrClNO3S. The van der Waals surface area contributed by atoms with Crippen molar-refractivity contribution in [1.82, 2.24) is 4.90 Å². The van der Waals surface area contributed by atoms with E-state index in [1.807, 2.05) is 31.2 Å². The molecular weight excluding hydrogens is 450 g/mol. The Kier molecular flexibility index (Phi) is 6.63. The Morgan fingerprint density at radius 3 is 2.74 bits per heavy atom. The van der Waals surface area contributed by atoms with Gasteiger partial charge in [-0.1, -0.05) is 36.7 Å². The molecule has 1 fully saturated rings. The zero-order valence-electron chi connectivity index (χ0n) is 14.6. The number of carbonyl (C=O) groups is 2. The maximum atomic E-state index is 12.6. The first-order valence-corrected chi connectivity index (χ1v) is 10.4. The van der Waals surface area contributed by atoms with Crippen LogP contribution in [-0.2, 0) is 11.3 Å². The van der Waals surface area contributed by atoms with Gasteiger partial charge in [0.15, 0.2) is 0 Å². The van der Waals surface area contributed by atoms with Crippen molar-refractivity contribution in [3.05, 3.63) is 68.0 Å². The van der Waals surface area contributed by atoms with E-state index < -0.39 is 0 Å². The second-order valence-electron chi connectivity index (χ2n) is 5.94. The van der Waals surface area contributed by atoms with Gasteiger partial charge in [0.1, 0.15) is 5.75 Å². The Morgan fingerprint density at radius 2 is 2.04 bits per heavy atom. The van der Waals surface area contributed by atoms with E-state index in [2.05, 4.69) is 15.9 Å². The Hall–Kier alpha value is -1.76. The Labute approximate surface area is 175 Å². The second kappa shape index (κ2) is 8.95. The minimum Gasteiger partial charge on any atom is -0.492 e. The maximum absolute atomic E-state index is 12.6. The molecule has 7 heteroatoms. The molecule has 0 N–H and O–H groups in total. The first kappa shape index (κ1) is 20.0. The van der Waals surface area contributed by atoms with Crippen LogP contribution < -0.4 is 4.74 Å². The third kappa shape index (κ3) is 4.94. The van der Waals surface area contributed by atoms with Gasteiger partial charge in [-0.25, -0.2) is 0 Å². The minimum atomic E-state index is -0.299. The lowest BCUT2D eigenvalue weighted by Crippen LogP contribution is -2.27. The number of thioether (sulfide) groups is 1. The summed E-state index contributed by atoms with van der Waals surface area (Å²) in [4.78, 5) is 26.6. The van der Waals surface area contributed by atoms with Gasteiger partial charge in [0.25, 0.3) is 11.1 Å². The van der Waals surface area contributed by atoms with E-state index in [4.69, 9.17) is 16.3 Å². The molecule has 2 aromatic carbocycles. The summed E-state index contributed by atoms with van der Waals surface area (Å²) in [6, 6.07) is 12.7. The molecule has 2 aromatic rings. The molecule has 0 spiro atoms. The number of benzene rings is 2. The zero-order valence-corrected chi connectivity index (χ0v) is 17.7. The second-order valence-corrected chi connectivity index (χ2v) is 8.22. The van der Waals surface area contributed by atoms with Gasteiger partial charge in [-0.05, 0) is 75.6 Å². The fourth-order valence-corrected chi connectivity index (χ4v) is 4.10. The van der Waals surface area contributed by atoms with Crippen LogP contribution in [0.25, 0.3) is 6.08 Å². The largest absolute Gasteiger partial charge is 0.492 e. The molecule has 0 aliphatic carbocycles. The lowest BCUT2D eigenvalue weighted by Gasteiger charge is -2.12. The number of hydrogen-bond acceptors (Lipinski definition) is 4. The number of halogens is 2. The van der Waals surface area contributed by atoms with Crippen molar-refractivity contribution in [2.45, 2.75) is 19.9 Å². The zero-order chi connectivity index (χ0) is 19.4. The molecule has 3 rings (SSSR count). The van der Waals surface area contributed by atoms with E-state index >= 15 is 0 Å². The molecule has 1 aliphatic heterocycles. The van der Waals surface area contributed by atoms with E-state index in [-0.39, 0.29) is 17.7 Å². The van der Waals surface area contributed by atoms with Gasteiger partial charge in [-0.2, -0.15) is 0 Å². The van der Waals surface area contributed by atoms with Crippen molar-refractivity contribution in [3.63, 3.8) is 0 Å². The number of carbonyl (C=O) groups excluding carboxylic acids is 2. The van der Waals surface area contributed by atoms with Gasteiger partial charge in [0.05, 0.1) is 22.5 Å². The third-order valence-electron chi connectivity index (χ3n) is 3.82. The molecule has 140 valence electrons. The highest BCUT2D eigenvalue weighted by molar-refractivity contribution is 9.10. The summed E-state index contributed by atoms with van der Waals surface area (Å²) in [7, 11) is 0. The van der Waals surface area contributed by atoms with E-state index in [9.17, 15) is 9.59 Å². The maximum Gasteiger partial charge on any atom is 0.293 e. The summed E-state index contributed by atoms with van der Waals surface area (Å²) in [6.07, 6.45) is 2.64. The van der Waals surface area contributed by atoms with Crippen LogP contribution in [0.1, 0.15) is 24.5 Å². The van der Waals surface area contributed by atoms with Crippen LogP contribution in [0.2, 0.25) is 5.02 Å². The van der Waals surface area contributed by atoms with E-state index in [1.54, 1.807) is 24.3 Å². The predicted octanol–water partition coefficient (Wildman–Crippen LogP) is 6.13. The molecule has 27 heavy (non-hydrogen) atoms. The number of amides is 2. The number of ether oxygens (including phenoxy) is 1. The van der Waals surface area contributed by atoms with Gasteiger partial charge in [0.2, 0.25) is 0 Å². The highest BCUT2D eigenvalue weighted by atomic mass is 79.9. The number of hydrogen-bond donors (Lipinski definition) is 0. The highest BCUT2D eigenvalue weighted by Gasteiger charge is 2.35. The van der Waals surface area contributed by atoms with Crippen molar-refractivity contribution in [1.29, 1.82) is 0 Å². The average Bonchev–Trinajstić information content (AvgIpc) is 2.89. The van der Waals surface area contributed by atoms with Crippen LogP contribution in [0.15, 0.2) is 51.8 Å². The first-order valence-electron chi connectivity index (χ1n) is 8.40. The van der Waals surface area contributed by atoms with Crippen molar-refractivity contribution < 1.29 is 14.3 Å². The highest BCUT2D eigenvalue weighted by Crippen LogP contribution is 2.35. The SMILES string of the molecule is CCCOc1ccc(/C=C2\SC(=O)N(Cc3cccc(Cl)c3)C2=O)cc1Br. The van der Waals surface area contributed by atoms with Crippen molar-refractivity contribution in [3.8, 4) is 5.75 Å². The molecule has 0 atom stereocenters. The standard InChI is InChI=1S/C20H17BrClNO3S/c1-2-8-26-17-7-6-13(10-16(17)21)11-18-19(24)23(20(25)27-18)12-14-4-3-5-15(22)9-14/h3-7,9-11H,2,8,12H2,1H3/b18-11-. The topological polar surface area (TPSA) is 46.6 Å². The Balaban J connectivity index is 1.77. The molecule has 1 saturated heterocycles. The van der Waals surface area contributed by atoms with Crippen molar-refractivity contribution in [2.24, 2.45) is 0 Å². The van der Waals surface area contributed by atoms with Gasteiger partial charge in [0, 0.05) is 5.02 Å². The first-order chi connectivity index (χ1) is 13.0. The predicted molar refractivity (Wildman–Crippen MR) is 113 cm³/mol. The summed E-state index contributed by atoms with van der Waals surface area (Å²) in [5.74, 6) is 0.454. The molecule has 0 unspecified atom stereocenters. The smallest absolute Gasteiger partial charge is 0.293 e. The fourth-order valence-electron chi connectivity index (χ4n) is 2.54. The quantitative estimate of drug-likeness (QED) is 0.481. The minimum absolute atomic E-state index is 0.204. The lowest BCUT2D eigenvalue weighted by molar-refractivity contribution is -0.123. The molecule has 1 aliphatic rings. The number of rotatable bonds is 6. The Bertz CT molecular complexity index is 916. The average molecular weight is 467 g/mol. The molecule has 1 heterocycles. The van der Waals surface area contributed by atoms with Crippen molar-refractivity contribution in [2.75, 3.05) is 6.61 Å². The third-order valence-corrected chi connectivity index (χ3v) is 5.58. The fraction of sp³-hybridized carbons (Fsp3) is 0.200. The van der Waals surface area contributed by atoms with Gasteiger partial charge in [-0.3, -0.25) is 14.5 Å². The van der Waals surface area contributed by atoms with Gasteiger partial charge in [-0.15, -0.1) is 0 Å². The summed E-state index contributed by atoms with van der Waals surface area (Å²) >= 11 is 10.4. The molecule has 4 nitrogen and oxygen atoms in total. The van der Waals surface area contributed by atoms with Crippen molar-refractivity contribution >= 4 is 56.5 Å². The van der Waals surface area contributed by atoms with Crippen LogP contribution in [0, 0.1) is 0 Å². The van der Waals surface area contributed by atoms with Crippen LogP contribution in [0.5, 0.6) is 5.75 Å². The molecule has 2 amide bonds. The molecule has 0 saturated carbocycles. The van der Waals surface area contributed by atoms with E-state index in [1.165, 1.54) is 4.90 Å². The van der Waals surface area contributed by atoms with Gasteiger partial charge >= 0.3 is 0 Å². The number of nitrogens with zero attached hydrogens (tertiary/aromatic N) is 1. The lowest BCUT2D eigenvalue weighted by atomic mass is 10.2. The van der Waals surface area contributed by atoms with E-state index in [0.29, 0.717) is 16.5 Å². The van der Waals surface area contributed by atoms with Crippen LogP contribution in [-0.4, -0.2) is 22.7 Å². The molecule has 0 bridgehead atoms. The summed E-state index contributed by atoms with van der Waals surface area (Å²) < 4.78 is 6.44. The number of imide groups is 1. The monoisotopic (exact) mass is 465 g/mol.